The predicted octanol–water partition coefficient (Wildman–Crippen LogP) is 3.13. The molecule has 3 rings (SSSR count). The van der Waals surface area contributed by atoms with Crippen LogP contribution in [0.1, 0.15) is 18.4 Å². The Labute approximate surface area is 95.2 Å². The average Bonchev–Trinajstić information content (AvgIpc) is 2.97. The van der Waals surface area contributed by atoms with E-state index in [0.717, 1.165) is 19.1 Å². The van der Waals surface area contributed by atoms with Gasteiger partial charge in [-0.2, -0.15) is 0 Å². The maximum Gasteiger partial charge on any atom is 0.0591 e. The number of hydrogen-bond acceptors (Lipinski definition) is 2. The summed E-state index contributed by atoms with van der Waals surface area (Å²) in [6, 6.07) is 8.72. The summed E-state index contributed by atoms with van der Waals surface area (Å²) >= 11 is 1.98. The van der Waals surface area contributed by atoms with E-state index in [9.17, 15) is 0 Å². The van der Waals surface area contributed by atoms with Gasteiger partial charge in [0.25, 0.3) is 0 Å². The van der Waals surface area contributed by atoms with Crippen LogP contribution in [-0.2, 0) is 11.2 Å². The van der Waals surface area contributed by atoms with E-state index in [4.69, 9.17) is 4.74 Å². The Kier molecular flexibility index (Phi) is 2.72. The van der Waals surface area contributed by atoms with Gasteiger partial charge in [-0.05, 0) is 36.8 Å². The van der Waals surface area contributed by atoms with Crippen LogP contribution in [0, 0.1) is 5.92 Å². The molecule has 1 atom stereocenters. The molecule has 0 N–H and O–H groups in total. The van der Waals surface area contributed by atoms with Gasteiger partial charge < -0.3 is 4.74 Å². The van der Waals surface area contributed by atoms with Gasteiger partial charge in [-0.25, -0.2) is 0 Å². The normalized spacial score (nSPS) is 24.1. The minimum absolute atomic E-state index is 0.654. The molecule has 1 aliphatic carbocycles. The summed E-state index contributed by atoms with van der Waals surface area (Å²) in [6.45, 7) is 1.92. The first kappa shape index (κ1) is 9.73. The summed E-state index contributed by atoms with van der Waals surface area (Å²) in [5, 5.41) is 0.654. The van der Waals surface area contributed by atoms with Crippen LogP contribution in [0.5, 0.6) is 0 Å². The van der Waals surface area contributed by atoms with Crippen LogP contribution >= 0.6 is 11.8 Å². The maximum absolute atomic E-state index is 5.75. The van der Waals surface area contributed by atoms with Crippen LogP contribution in [0.25, 0.3) is 0 Å². The summed E-state index contributed by atoms with van der Waals surface area (Å²) in [5.74, 6) is 0.888. The molecule has 2 aliphatic rings. The zero-order valence-electron chi connectivity index (χ0n) is 8.82. The molecule has 1 fully saturated rings. The SMILES string of the molecule is c1ccc2c(c1)CC(COCC1CC1)S2. The molecule has 0 spiro atoms. The fourth-order valence-corrected chi connectivity index (χ4v) is 3.24. The summed E-state index contributed by atoms with van der Waals surface area (Å²) in [4.78, 5) is 1.46. The van der Waals surface area contributed by atoms with Gasteiger partial charge in [0, 0.05) is 16.8 Å². The monoisotopic (exact) mass is 220 g/mol. The summed E-state index contributed by atoms with van der Waals surface area (Å²) in [7, 11) is 0. The minimum atomic E-state index is 0.654. The van der Waals surface area contributed by atoms with Crippen molar-refractivity contribution >= 4 is 11.8 Å². The first-order valence-electron chi connectivity index (χ1n) is 5.74. The zero-order chi connectivity index (χ0) is 10.1. The van der Waals surface area contributed by atoms with E-state index in [0.29, 0.717) is 5.25 Å². The molecule has 1 unspecified atom stereocenters. The Morgan fingerprint density at radius 1 is 1.20 bits per heavy atom. The molecule has 0 saturated heterocycles. The minimum Gasteiger partial charge on any atom is -0.380 e. The van der Waals surface area contributed by atoms with Crippen LogP contribution in [0.2, 0.25) is 0 Å². The maximum atomic E-state index is 5.75. The standard InChI is InChI=1S/C13H16OS/c1-2-4-13-11(3-1)7-12(15-13)9-14-8-10-5-6-10/h1-4,10,12H,5-9H2. The van der Waals surface area contributed by atoms with Crippen LogP contribution in [0.15, 0.2) is 29.2 Å². The van der Waals surface area contributed by atoms with Gasteiger partial charge >= 0.3 is 0 Å². The van der Waals surface area contributed by atoms with Gasteiger partial charge in [0.1, 0.15) is 0 Å². The molecule has 0 bridgehead atoms. The Balaban J connectivity index is 1.50. The Morgan fingerprint density at radius 3 is 2.87 bits per heavy atom. The molecule has 1 saturated carbocycles. The molecule has 15 heavy (non-hydrogen) atoms. The fourth-order valence-electron chi connectivity index (χ4n) is 2.00. The smallest absolute Gasteiger partial charge is 0.0591 e. The van der Waals surface area contributed by atoms with Crippen molar-refractivity contribution in [3.05, 3.63) is 29.8 Å². The summed E-state index contributed by atoms with van der Waals surface area (Å²) in [6.07, 6.45) is 3.96. The van der Waals surface area contributed by atoms with E-state index in [1.807, 2.05) is 11.8 Å². The fraction of sp³-hybridized carbons (Fsp3) is 0.538. The van der Waals surface area contributed by atoms with E-state index in [1.54, 1.807) is 0 Å². The first-order chi connectivity index (χ1) is 7.42. The molecule has 80 valence electrons. The van der Waals surface area contributed by atoms with Crippen LogP contribution in [0.3, 0.4) is 0 Å². The van der Waals surface area contributed by atoms with Gasteiger partial charge in [0.2, 0.25) is 0 Å². The lowest BCUT2D eigenvalue weighted by Crippen LogP contribution is -2.12. The second-order valence-corrected chi connectivity index (χ2v) is 5.87. The molecule has 1 heterocycles. The molecule has 2 heteroatoms. The zero-order valence-corrected chi connectivity index (χ0v) is 9.63. The van der Waals surface area contributed by atoms with Crippen molar-refractivity contribution in [2.45, 2.75) is 29.4 Å². The van der Waals surface area contributed by atoms with Crippen molar-refractivity contribution in [1.82, 2.24) is 0 Å². The lowest BCUT2D eigenvalue weighted by Gasteiger charge is -2.08. The largest absolute Gasteiger partial charge is 0.380 e. The Hall–Kier alpha value is -0.470. The lowest BCUT2D eigenvalue weighted by molar-refractivity contribution is 0.126. The lowest BCUT2D eigenvalue weighted by atomic mass is 10.1. The number of rotatable bonds is 4. The molecule has 0 amide bonds. The molecular formula is C13H16OS. The second kappa shape index (κ2) is 4.18. The number of thioether (sulfide) groups is 1. The molecule has 1 aromatic carbocycles. The third kappa shape index (κ3) is 2.37. The Morgan fingerprint density at radius 2 is 2.07 bits per heavy atom. The van der Waals surface area contributed by atoms with Crippen molar-refractivity contribution in [2.75, 3.05) is 13.2 Å². The van der Waals surface area contributed by atoms with Crippen molar-refractivity contribution in [1.29, 1.82) is 0 Å². The third-order valence-electron chi connectivity index (χ3n) is 3.07. The number of fused-ring (bicyclic) bond motifs is 1. The van der Waals surface area contributed by atoms with Gasteiger partial charge in [-0.1, -0.05) is 18.2 Å². The quantitative estimate of drug-likeness (QED) is 0.771. The number of hydrogen-bond donors (Lipinski definition) is 0. The van der Waals surface area contributed by atoms with Gasteiger partial charge in [-0.15, -0.1) is 11.8 Å². The molecule has 1 aromatic rings. The van der Waals surface area contributed by atoms with Gasteiger partial charge in [-0.3, -0.25) is 0 Å². The number of benzene rings is 1. The van der Waals surface area contributed by atoms with E-state index in [2.05, 4.69) is 24.3 Å². The molecule has 0 radical (unpaired) electrons. The molecule has 0 aromatic heterocycles. The highest BCUT2D eigenvalue weighted by molar-refractivity contribution is 8.00. The van der Waals surface area contributed by atoms with Crippen molar-refractivity contribution in [2.24, 2.45) is 5.92 Å². The summed E-state index contributed by atoms with van der Waals surface area (Å²) < 4.78 is 5.75. The molecule has 1 aliphatic heterocycles. The van der Waals surface area contributed by atoms with Crippen LogP contribution in [0.4, 0.5) is 0 Å². The molecule has 1 nitrogen and oxygen atoms in total. The van der Waals surface area contributed by atoms with E-state index in [1.165, 1.54) is 29.7 Å². The molecular weight excluding hydrogens is 204 g/mol. The van der Waals surface area contributed by atoms with Crippen molar-refractivity contribution in [3.63, 3.8) is 0 Å². The van der Waals surface area contributed by atoms with Crippen molar-refractivity contribution in [3.8, 4) is 0 Å². The highest BCUT2D eigenvalue weighted by Crippen LogP contribution is 2.37. The highest BCUT2D eigenvalue weighted by Gasteiger charge is 2.24. The predicted molar refractivity (Wildman–Crippen MR) is 63.3 cm³/mol. The van der Waals surface area contributed by atoms with E-state index in [-0.39, 0.29) is 0 Å². The van der Waals surface area contributed by atoms with Gasteiger partial charge in [0.05, 0.1) is 6.61 Å². The topological polar surface area (TPSA) is 9.23 Å². The van der Waals surface area contributed by atoms with Crippen molar-refractivity contribution < 1.29 is 4.74 Å². The highest BCUT2D eigenvalue weighted by atomic mass is 32.2. The average molecular weight is 220 g/mol. The summed E-state index contributed by atoms with van der Waals surface area (Å²) in [5.41, 5.74) is 1.50. The number of ether oxygens (including phenoxy) is 1. The first-order valence-corrected chi connectivity index (χ1v) is 6.62. The van der Waals surface area contributed by atoms with Crippen LogP contribution in [-0.4, -0.2) is 18.5 Å². The van der Waals surface area contributed by atoms with Crippen LogP contribution < -0.4 is 0 Å². The van der Waals surface area contributed by atoms with E-state index >= 15 is 0 Å². The van der Waals surface area contributed by atoms with E-state index < -0.39 is 0 Å². The van der Waals surface area contributed by atoms with Gasteiger partial charge in [0.15, 0.2) is 0 Å². The Bertz CT molecular complexity index is 321. The third-order valence-corrected chi connectivity index (χ3v) is 4.36. The second-order valence-electron chi connectivity index (χ2n) is 4.53.